The maximum atomic E-state index is 5.33. The number of hydrogen-bond donors (Lipinski definition) is 1. The maximum absolute atomic E-state index is 5.33. The summed E-state index contributed by atoms with van der Waals surface area (Å²) in [6.07, 6.45) is 1.18. The highest BCUT2D eigenvalue weighted by Crippen LogP contribution is 2.26. The van der Waals surface area contributed by atoms with E-state index in [2.05, 4.69) is 49.2 Å². The highest BCUT2D eigenvalue weighted by molar-refractivity contribution is 5.54. The molecule has 0 radical (unpaired) electrons. The quantitative estimate of drug-likeness (QED) is 0.890. The molecule has 3 nitrogen and oxygen atoms in total. The van der Waals surface area contributed by atoms with Crippen molar-refractivity contribution in [3.63, 3.8) is 0 Å². The summed E-state index contributed by atoms with van der Waals surface area (Å²) in [4.78, 5) is 2.50. The summed E-state index contributed by atoms with van der Waals surface area (Å²) in [5, 5.41) is 3.59. The van der Waals surface area contributed by atoms with Gasteiger partial charge in [-0.05, 0) is 44.0 Å². The van der Waals surface area contributed by atoms with Crippen molar-refractivity contribution < 1.29 is 4.74 Å². The molecule has 0 aliphatic carbocycles. The molecule has 1 aromatic carbocycles. The van der Waals surface area contributed by atoms with Gasteiger partial charge in [-0.1, -0.05) is 6.92 Å². The van der Waals surface area contributed by atoms with Crippen LogP contribution in [-0.2, 0) is 0 Å². The molecule has 18 heavy (non-hydrogen) atoms. The third-order valence-electron chi connectivity index (χ3n) is 3.85. The molecule has 1 aromatic rings. The molecular weight excluding hydrogens is 224 g/mol. The van der Waals surface area contributed by atoms with Gasteiger partial charge in [0, 0.05) is 30.9 Å². The van der Waals surface area contributed by atoms with Crippen molar-refractivity contribution in [1.29, 1.82) is 0 Å². The van der Waals surface area contributed by atoms with E-state index in [4.69, 9.17) is 4.74 Å². The van der Waals surface area contributed by atoms with E-state index in [0.717, 1.165) is 18.8 Å². The molecule has 0 aromatic heterocycles. The van der Waals surface area contributed by atoms with Gasteiger partial charge in [0.2, 0.25) is 0 Å². The van der Waals surface area contributed by atoms with Gasteiger partial charge in [0.15, 0.2) is 0 Å². The predicted molar refractivity (Wildman–Crippen MR) is 76.6 cm³/mol. The van der Waals surface area contributed by atoms with Crippen LogP contribution in [-0.4, -0.2) is 32.3 Å². The molecule has 2 rings (SSSR count). The molecule has 1 heterocycles. The molecule has 0 spiro atoms. The number of anilines is 1. The van der Waals surface area contributed by atoms with Crippen molar-refractivity contribution in [1.82, 2.24) is 5.32 Å². The Labute approximate surface area is 110 Å². The number of piperazine rings is 1. The first-order valence-electron chi connectivity index (χ1n) is 6.80. The van der Waals surface area contributed by atoms with E-state index in [1.165, 1.54) is 17.7 Å². The third-order valence-corrected chi connectivity index (χ3v) is 3.85. The molecular formula is C15H24N2O. The van der Waals surface area contributed by atoms with Gasteiger partial charge in [-0.25, -0.2) is 0 Å². The number of methoxy groups -OCH3 is 1. The Morgan fingerprint density at radius 1 is 1.44 bits per heavy atom. The highest BCUT2D eigenvalue weighted by atomic mass is 16.5. The molecule has 2 atom stereocenters. The topological polar surface area (TPSA) is 24.5 Å². The van der Waals surface area contributed by atoms with Gasteiger partial charge < -0.3 is 15.0 Å². The summed E-state index contributed by atoms with van der Waals surface area (Å²) in [5.74, 6) is 0.966. The van der Waals surface area contributed by atoms with Crippen molar-refractivity contribution >= 4 is 5.69 Å². The van der Waals surface area contributed by atoms with Crippen LogP contribution in [0.15, 0.2) is 18.2 Å². The van der Waals surface area contributed by atoms with Crippen molar-refractivity contribution in [2.24, 2.45) is 0 Å². The average molecular weight is 248 g/mol. The summed E-state index contributed by atoms with van der Waals surface area (Å²) in [6.45, 7) is 8.77. The maximum Gasteiger partial charge on any atom is 0.121 e. The Kier molecular flexibility index (Phi) is 4.12. The van der Waals surface area contributed by atoms with Gasteiger partial charge in [0.05, 0.1) is 7.11 Å². The molecule has 0 saturated carbocycles. The number of aryl methyl sites for hydroxylation is 1. The highest BCUT2D eigenvalue weighted by Gasteiger charge is 2.24. The van der Waals surface area contributed by atoms with E-state index in [-0.39, 0.29) is 0 Å². The number of nitrogens with zero attached hydrogens (tertiary/aromatic N) is 1. The lowest BCUT2D eigenvalue weighted by atomic mass is 10.1. The number of hydrogen-bond acceptors (Lipinski definition) is 3. The lowest BCUT2D eigenvalue weighted by Gasteiger charge is -2.40. The zero-order chi connectivity index (χ0) is 13.1. The molecule has 1 saturated heterocycles. The Bertz CT molecular complexity index is 405. The fourth-order valence-corrected chi connectivity index (χ4v) is 2.60. The van der Waals surface area contributed by atoms with Gasteiger partial charge in [0.1, 0.15) is 5.75 Å². The van der Waals surface area contributed by atoms with Crippen LogP contribution in [0.5, 0.6) is 5.75 Å². The fourth-order valence-electron chi connectivity index (χ4n) is 2.60. The Balaban J connectivity index is 2.21. The van der Waals surface area contributed by atoms with Crippen LogP contribution in [0.1, 0.15) is 25.8 Å². The van der Waals surface area contributed by atoms with Crippen LogP contribution in [0.2, 0.25) is 0 Å². The molecule has 1 aliphatic heterocycles. The average Bonchev–Trinajstić information content (AvgIpc) is 2.39. The number of nitrogens with one attached hydrogen (secondary N) is 1. The summed E-state index contributed by atoms with van der Waals surface area (Å²) in [5.41, 5.74) is 2.51. The summed E-state index contributed by atoms with van der Waals surface area (Å²) in [7, 11) is 1.72. The number of ether oxygens (including phenoxy) is 1. The molecule has 1 N–H and O–H groups in total. The zero-order valence-corrected chi connectivity index (χ0v) is 11.9. The minimum absolute atomic E-state index is 0.542. The number of rotatable bonds is 3. The van der Waals surface area contributed by atoms with Crippen molar-refractivity contribution in [3.05, 3.63) is 23.8 Å². The first kappa shape index (κ1) is 13.2. The summed E-state index contributed by atoms with van der Waals surface area (Å²) >= 11 is 0. The van der Waals surface area contributed by atoms with Crippen molar-refractivity contribution in [3.8, 4) is 5.75 Å². The predicted octanol–water partition coefficient (Wildman–Crippen LogP) is 2.58. The van der Waals surface area contributed by atoms with Gasteiger partial charge >= 0.3 is 0 Å². The van der Waals surface area contributed by atoms with Gasteiger partial charge in [-0.15, -0.1) is 0 Å². The molecule has 1 aliphatic rings. The standard InChI is InChI=1S/C15H24N2O/c1-5-13-10-17(12(3)9-16-13)14-6-7-15(18-4)11(2)8-14/h6-8,12-13,16H,5,9-10H2,1-4H3. The SMILES string of the molecule is CCC1CN(c2ccc(OC)c(C)c2)C(C)CN1. The van der Waals surface area contributed by atoms with Crippen LogP contribution in [0.25, 0.3) is 0 Å². The van der Waals surface area contributed by atoms with Crippen molar-refractivity contribution in [2.75, 3.05) is 25.1 Å². The number of benzene rings is 1. The molecule has 3 heteroatoms. The minimum Gasteiger partial charge on any atom is -0.496 e. The van der Waals surface area contributed by atoms with Crippen LogP contribution in [0.3, 0.4) is 0 Å². The minimum atomic E-state index is 0.542. The normalized spacial score (nSPS) is 24.1. The summed E-state index contributed by atoms with van der Waals surface area (Å²) in [6, 6.07) is 7.61. The summed E-state index contributed by atoms with van der Waals surface area (Å²) < 4.78 is 5.33. The van der Waals surface area contributed by atoms with Gasteiger partial charge in [-0.2, -0.15) is 0 Å². The molecule has 1 fully saturated rings. The van der Waals surface area contributed by atoms with Crippen molar-refractivity contribution in [2.45, 2.75) is 39.3 Å². The van der Waals surface area contributed by atoms with Gasteiger partial charge in [0.25, 0.3) is 0 Å². The van der Waals surface area contributed by atoms with E-state index < -0.39 is 0 Å². The smallest absolute Gasteiger partial charge is 0.121 e. The fraction of sp³-hybridized carbons (Fsp3) is 0.600. The Morgan fingerprint density at radius 2 is 2.22 bits per heavy atom. The molecule has 2 unspecified atom stereocenters. The van der Waals surface area contributed by atoms with Crippen LogP contribution in [0, 0.1) is 6.92 Å². The lowest BCUT2D eigenvalue weighted by Crippen LogP contribution is -2.55. The zero-order valence-electron chi connectivity index (χ0n) is 11.9. The van der Waals surface area contributed by atoms with Crippen LogP contribution in [0.4, 0.5) is 5.69 Å². The van der Waals surface area contributed by atoms with Crippen LogP contribution >= 0.6 is 0 Å². The van der Waals surface area contributed by atoms with E-state index >= 15 is 0 Å². The second kappa shape index (κ2) is 5.61. The second-order valence-electron chi connectivity index (χ2n) is 5.17. The van der Waals surface area contributed by atoms with Crippen LogP contribution < -0.4 is 15.0 Å². The Hall–Kier alpha value is -1.22. The van der Waals surface area contributed by atoms with Gasteiger partial charge in [-0.3, -0.25) is 0 Å². The molecule has 0 bridgehead atoms. The molecule has 100 valence electrons. The monoisotopic (exact) mass is 248 g/mol. The van der Waals surface area contributed by atoms with E-state index in [1.54, 1.807) is 7.11 Å². The first-order chi connectivity index (χ1) is 8.65. The van der Waals surface area contributed by atoms with E-state index in [1.807, 2.05) is 0 Å². The largest absolute Gasteiger partial charge is 0.496 e. The third kappa shape index (κ3) is 2.61. The Morgan fingerprint density at radius 3 is 2.83 bits per heavy atom. The van der Waals surface area contributed by atoms with E-state index in [0.29, 0.717) is 12.1 Å². The lowest BCUT2D eigenvalue weighted by molar-refractivity contribution is 0.396. The first-order valence-corrected chi connectivity index (χ1v) is 6.80. The second-order valence-corrected chi connectivity index (χ2v) is 5.17. The molecule has 0 amide bonds. The van der Waals surface area contributed by atoms with E-state index in [9.17, 15) is 0 Å².